The number of halogens is 3. The van der Waals surface area contributed by atoms with Crippen molar-refractivity contribution in [1.29, 1.82) is 0 Å². The van der Waals surface area contributed by atoms with Gasteiger partial charge in [0.15, 0.2) is 11.5 Å². The van der Waals surface area contributed by atoms with E-state index in [1.165, 1.54) is 39.5 Å². The molecule has 0 saturated heterocycles. The summed E-state index contributed by atoms with van der Waals surface area (Å²) in [7, 11) is -0.455. The van der Waals surface area contributed by atoms with E-state index in [2.05, 4.69) is 0 Å². The lowest BCUT2D eigenvalue weighted by molar-refractivity contribution is 0.349. The van der Waals surface area contributed by atoms with Gasteiger partial charge in [-0.25, -0.2) is 17.2 Å². The minimum atomic E-state index is -4.26. The van der Waals surface area contributed by atoms with E-state index in [0.717, 1.165) is 16.4 Å². The summed E-state index contributed by atoms with van der Waals surface area (Å²) in [5.41, 5.74) is -0.00359. The van der Waals surface area contributed by atoms with E-state index in [-0.39, 0.29) is 28.6 Å². The monoisotopic (exact) mass is 391 g/mol. The molecule has 0 heterocycles. The highest BCUT2D eigenvalue weighted by atomic mass is 35.5. The lowest BCUT2D eigenvalue weighted by Gasteiger charge is -2.19. The van der Waals surface area contributed by atoms with Gasteiger partial charge in [-0.2, -0.15) is 4.31 Å². The Labute approximate surface area is 149 Å². The average molecular weight is 392 g/mol. The first-order valence-electron chi connectivity index (χ1n) is 7.03. The zero-order chi connectivity index (χ0) is 18.8. The van der Waals surface area contributed by atoms with Crippen molar-refractivity contribution >= 4 is 21.6 Å². The van der Waals surface area contributed by atoms with E-state index in [0.29, 0.717) is 0 Å². The van der Waals surface area contributed by atoms with Crippen molar-refractivity contribution in [2.75, 3.05) is 21.3 Å². The number of hydrogen-bond acceptors (Lipinski definition) is 4. The Bertz CT molecular complexity index is 870. The minimum Gasteiger partial charge on any atom is -0.493 e. The Hall–Kier alpha value is -1.90. The molecule has 0 bridgehead atoms. The second kappa shape index (κ2) is 7.55. The molecule has 0 amide bonds. The summed E-state index contributed by atoms with van der Waals surface area (Å²) in [4.78, 5) is -0.611. The number of nitrogens with zero attached hydrogens (tertiary/aromatic N) is 1. The molecule has 0 aliphatic rings. The van der Waals surface area contributed by atoms with Crippen LogP contribution in [0.3, 0.4) is 0 Å². The van der Waals surface area contributed by atoms with Gasteiger partial charge in [0, 0.05) is 36.3 Å². The van der Waals surface area contributed by atoms with E-state index < -0.39 is 26.6 Å². The molecule has 0 aliphatic heterocycles. The Kier molecular flexibility index (Phi) is 5.87. The Balaban J connectivity index is 2.44. The third kappa shape index (κ3) is 3.86. The van der Waals surface area contributed by atoms with Crippen molar-refractivity contribution in [3.05, 3.63) is 52.6 Å². The normalized spacial score (nSPS) is 11.6. The molecule has 9 heteroatoms. The van der Waals surface area contributed by atoms with Crippen LogP contribution in [0.25, 0.3) is 0 Å². The number of hydrogen-bond donors (Lipinski definition) is 0. The molecule has 0 aliphatic carbocycles. The molecule has 2 aromatic rings. The first kappa shape index (κ1) is 19.4. The van der Waals surface area contributed by atoms with Crippen LogP contribution >= 0.6 is 11.6 Å². The smallest absolute Gasteiger partial charge is 0.246 e. The van der Waals surface area contributed by atoms with Crippen molar-refractivity contribution in [2.24, 2.45) is 0 Å². The fraction of sp³-hybridized carbons (Fsp3) is 0.250. The van der Waals surface area contributed by atoms with Crippen molar-refractivity contribution in [1.82, 2.24) is 4.31 Å². The summed E-state index contributed by atoms with van der Waals surface area (Å²) in [6.07, 6.45) is 0. The molecule has 0 saturated carbocycles. The van der Waals surface area contributed by atoms with Gasteiger partial charge >= 0.3 is 0 Å². The maximum Gasteiger partial charge on any atom is 0.246 e. The van der Waals surface area contributed by atoms with E-state index >= 15 is 0 Å². The second-order valence-electron chi connectivity index (χ2n) is 5.10. The van der Waals surface area contributed by atoms with Crippen molar-refractivity contribution in [3.63, 3.8) is 0 Å². The Morgan fingerprint density at radius 2 is 1.68 bits per heavy atom. The minimum absolute atomic E-state index is 0.00359. The quantitative estimate of drug-likeness (QED) is 0.756. The molecule has 0 atom stereocenters. The third-order valence-corrected chi connectivity index (χ3v) is 5.74. The third-order valence-electron chi connectivity index (χ3n) is 3.57. The van der Waals surface area contributed by atoms with Gasteiger partial charge in [-0.1, -0.05) is 17.7 Å². The van der Waals surface area contributed by atoms with Crippen LogP contribution in [0.4, 0.5) is 8.78 Å². The predicted molar refractivity (Wildman–Crippen MR) is 89.6 cm³/mol. The van der Waals surface area contributed by atoms with Crippen LogP contribution in [0.1, 0.15) is 5.56 Å². The standard InChI is InChI=1S/C16H16ClF2NO4S/c1-20(9-10-11(17)5-4-6-12(10)18)25(21,22)16-8-15(24-3)14(23-2)7-13(16)19/h4-8H,9H2,1-3H3. The van der Waals surface area contributed by atoms with Gasteiger partial charge in [0.05, 0.1) is 14.2 Å². The lowest BCUT2D eigenvalue weighted by atomic mass is 10.2. The van der Waals surface area contributed by atoms with Crippen molar-refractivity contribution in [3.8, 4) is 11.5 Å². The van der Waals surface area contributed by atoms with Gasteiger partial charge in [0.25, 0.3) is 0 Å². The molecule has 2 rings (SSSR count). The molecular weight excluding hydrogens is 376 g/mol. The summed E-state index contributed by atoms with van der Waals surface area (Å²) in [5.74, 6) is -1.55. The highest BCUT2D eigenvalue weighted by Crippen LogP contribution is 2.33. The summed E-state index contributed by atoms with van der Waals surface area (Å²) >= 11 is 5.92. The Morgan fingerprint density at radius 3 is 2.24 bits per heavy atom. The SMILES string of the molecule is COc1cc(F)c(S(=O)(=O)N(C)Cc2c(F)cccc2Cl)cc1OC. The number of methoxy groups -OCH3 is 2. The topological polar surface area (TPSA) is 55.8 Å². The number of sulfonamides is 1. The summed E-state index contributed by atoms with van der Waals surface area (Å²) in [6, 6.07) is 5.94. The fourth-order valence-corrected chi connectivity index (χ4v) is 3.61. The maximum absolute atomic E-state index is 14.3. The fourth-order valence-electron chi connectivity index (χ4n) is 2.19. The zero-order valence-electron chi connectivity index (χ0n) is 13.7. The Morgan fingerprint density at radius 1 is 1.08 bits per heavy atom. The molecule has 0 radical (unpaired) electrons. The second-order valence-corrected chi connectivity index (χ2v) is 7.52. The molecule has 0 N–H and O–H groups in total. The van der Waals surface area contributed by atoms with Crippen LogP contribution in [0.2, 0.25) is 5.02 Å². The predicted octanol–water partition coefficient (Wildman–Crippen LogP) is 3.46. The largest absolute Gasteiger partial charge is 0.493 e. The van der Waals surface area contributed by atoms with E-state index in [1.54, 1.807) is 0 Å². The number of rotatable bonds is 6. The van der Waals surface area contributed by atoms with Gasteiger partial charge < -0.3 is 9.47 Å². The van der Waals surface area contributed by atoms with Crippen molar-refractivity contribution < 1.29 is 26.7 Å². The van der Waals surface area contributed by atoms with Crippen LogP contribution < -0.4 is 9.47 Å². The highest BCUT2D eigenvalue weighted by molar-refractivity contribution is 7.89. The molecule has 136 valence electrons. The van der Waals surface area contributed by atoms with Gasteiger partial charge in [-0.15, -0.1) is 0 Å². The molecule has 0 aromatic heterocycles. The molecule has 25 heavy (non-hydrogen) atoms. The molecule has 0 spiro atoms. The van der Waals surface area contributed by atoms with E-state index in [9.17, 15) is 17.2 Å². The van der Waals surface area contributed by atoms with Gasteiger partial charge in [0.2, 0.25) is 10.0 Å². The molecule has 5 nitrogen and oxygen atoms in total. The van der Waals surface area contributed by atoms with Gasteiger partial charge in [0.1, 0.15) is 16.5 Å². The molecule has 0 fully saturated rings. The van der Waals surface area contributed by atoms with Crippen LogP contribution in [-0.2, 0) is 16.6 Å². The van der Waals surface area contributed by atoms with Crippen LogP contribution in [-0.4, -0.2) is 34.0 Å². The maximum atomic E-state index is 14.3. The summed E-state index contributed by atoms with van der Waals surface area (Å²) in [6.45, 7) is -0.359. The van der Waals surface area contributed by atoms with Gasteiger partial charge in [-0.05, 0) is 12.1 Å². The first-order chi connectivity index (χ1) is 11.7. The summed E-state index contributed by atoms with van der Waals surface area (Å²) in [5, 5.41) is 0.0785. The summed E-state index contributed by atoms with van der Waals surface area (Å²) < 4.78 is 64.2. The van der Waals surface area contributed by atoms with E-state index in [4.69, 9.17) is 21.1 Å². The van der Waals surface area contributed by atoms with Crippen LogP contribution in [0.5, 0.6) is 11.5 Å². The first-order valence-corrected chi connectivity index (χ1v) is 8.85. The van der Waals surface area contributed by atoms with Crippen LogP contribution in [0.15, 0.2) is 35.2 Å². The zero-order valence-corrected chi connectivity index (χ0v) is 15.3. The molecular formula is C16H16ClF2NO4S. The molecule has 2 aromatic carbocycles. The number of benzene rings is 2. The van der Waals surface area contributed by atoms with Gasteiger partial charge in [-0.3, -0.25) is 0 Å². The van der Waals surface area contributed by atoms with E-state index in [1.807, 2.05) is 0 Å². The number of ether oxygens (including phenoxy) is 2. The highest BCUT2D eigenvalue weighted by Gasteiger charge is 2.28. The molecule has 0 unspecified atom stereocenters. The van der Waals surface area contributed by atoms with Crippen LogP contribution in [0, 0.1) is 11.6 Å². The van der Waals surface area contributed by atoms with Crippen molar-refractivity contribution in [2.45, 2.75) is 11.4 Å². The lowest BCUT2D eigenvalue weighted by Crippen LogP contribution is -2.28. The average Bonchev–Trinajstić information content (AvgIpc) is 2.57.